The third-order valence-corrected chi connectivity index (χ3v) is 8.74. The molecule has 1 amide bonds. The van der Waals surface area contributed by atoms with E-state index in [9.17, 15) is 9.59 Å². The summed E-state index contributed by atoms with van der Waals surface area (Å²) in [6, 6.07) is 9.51. The van der Waals surface area contributed by atoms with Gasteiger partial charge in [0.25, 0.3) is 0 Å². The topological polar surface area (TPSA) is 142 Å². The van der Waals surface area contributed by atoms with Gasteiger partial charge >= 0.3 is 0 Å². The van der Waals surface area contributed by atoms with Gasteiger partial charge in [0.05, 0.1) is 32.5 Å². The Morgan fingerprint density at radius 1 is 1.00 bits per heavy atom. The molecule has 6 aromatic heterocycles. The van der Waals surface area contributed by atoms with E-state index in [1.54, 1.807) is 31.7 Å². The fourth-order valence-electron chi connectivity index (χ4n) is 5.40. The van der Waals surface area contributed by atoms with Crippen molar-refractivity contribution >= 4 is 50.8 Å². The number of fused-ring (bicyclic) bond motifs is 2. The van der Waals surface area contributed by atoms with Gasteiger partial charge in [-0.1, -0.05) is 19.3 Å². The fourth-order valence-corrected chi connectivity index (χ4v) is 6.30. The van der Waals surface area contributed by atoms with E-state index in [1.165, 1.54) is 17.8 Å². The summed E-state index contributed by atoms with van der Waals surface area (Å²) >= 11 is 1.40. The smallest absolute Gasteiger partial charge is 0.227 e. The monoisotopic (exact) mass is 562 g/mol. The molecule has 6 aromatic rings. The number of amides is 1. The normalized spacial score (nSPS) is 14.1. The maximum absolute atomic E-state index is 12.8. The number of carbonyl (C=O) groups excluding carboxylic acids is 2. The second-order valence-corrected chi connectivity index (χ2v) is 11.4. The number of aromatic nitrogens is 7. The number of hydrogen-bond acceptors (Lipinski definition) is 8. The van der Waals surface area contributed by atoms with Crippen molar-refractivity contribution in [2.24, 2.45) is 5.92 Å². The Balaban J connectivity index is 1.22. The van der Waals surface area contributed by atoms with Gasteiger partial charge < -0.3 is 10.3 Å². The van der Waals surface area contributed by atoms with Crippen LogP contribution in [0.2, 0.25) is 0 Å². The maximum Gasteiger partial charge on any atom is 0.227 e. The molecule has 0 bridgehead atoms. The van der Waals surface area contributed by atoms with Crippen molar-refractivity contribution in [3.63, 3.8) is 0 Å². The van der Waals surface area contributed by atoms with Crippen molar-refractivity contribution in [3.8, 4) is 33.2 Å². The van der Waals surface area contributed by atoms with Gasteiger partial charge in [-0.3, -0.25) is 24.7 Å². The van der Waals surface area contributed by atoms with Gasteiger partial charge in [-0.25, -0.2) is 9.97 Å². The average Bonchev–Trinajstić information content (AvgIpc) is 3.75. The van der Waals surface area contributed by atoms with E-state index < -0.39 is 0 Å². The minimum Gasteiger partial charge on any atom is -0.337 e. The first-order chi connectivity index (χ1) is 20.0. The zero-order chi connectivity index (χ0) is 27.9. The zero-order valence-electron chi connectivity index (χ0n) is 22.3. The molecule has 0 spiro atoms. The van der Waals surface area contributed by atoms with Crippen molar-refractivity contribution in [2.75, 3.05) is 5.32 Å². The molecule has 10 nitrogen and oxygen atoms in total. The van der Waals surface area contributed by atoms with Crippen LogP contribution in [0.1, 0.15) is 48.7 Å². The number of Topliss-reactive ketones (excluding diaryl/α,β-unsaturated/α-hetero) is 1. The third-order valence-electron chi connectivity index (χ3n) is 7.55. The highest BCUT2D eigenvalue weighted by atomic mass is 32.1. The lowest BCUT2D eigenvalue weighted by atomic mass is 9.88. The number of thiophene rings is 1. The summed E-state index contributed by atoms with van der Waals surface area (Å²) in [4.78, 5) is 47.9. The molecule has 11 heteroatoms. The quantitative estimate of drug-likeness (QED) is 0.199. The second kappa shape index (κ2) is 10.3. The first kappa shape index (κ1) is 25.2. The number of imidazole rings is 1. The molecule has 1 saturated carbocycles. The Bertz CT molecular complexity index is 1930. The molecule has 0 atom stereocenters. The molecule has 0 radical (unpaired) electrons. The number of hydrogen-bond donors (Lipinski definition) is 3. The lowest BCUT2D eigenvalue weighted by Gasteiger charge is -2.20. The van der Waals surface area contributed by atoms with Crippen molar-refractivity contribution in [1.82, 2.24) is 35.1 Å². The minimum absolute atomic E-state index is 0.0238. The molecule has 3 N–H and O–H groups in total. The molecule has 6 heterocycles. The predicted octanol–water partition coefficient (Wildman–Crippen LogP) is 6.41. The van der Waals surface area contributed by atoms with Crippen molar-refractivity contribution in [1.29, 1.82) is 0 Å². The largest absolute Gasteiger partial charge is 0.337 e. The molecule has 0 unspecified atom stereocenters. The lowest BCUT2D eigenvalue weighted by molar-refractivity contribution is -0.120. The molecule has 0 aromatic carbocycles. The van der Waals surface area contributed by atoms with Crippen molar-refractivity contribution in [3.05, 3.63) is 60.0 Å². The number of rotatable bonds is 6. The Morgan fingerprint density at radius 3 is 2.68 bits per heavy atom. The summed E-state index contributed by atoms with van der Waals surface area (Å²) < 4.78 is 0. The van der Waals surface area contributed by atoms with Crippen LogP contribution < -0.4 is 5.32 Å². The Morgan fingerprint density at radius 2 is 1.85 bits per heavy atom. The van der Waals surface area contributed by atoms with Gasteiger partial charge in [0.2, 0.25) is 5.91 Å². The Labute approximate surface area is 238 Å². The summed E-state index contributed by atoms with van der Waals surface area (Å²) in [6.07, 6.45) is 12.2. The molecular weight excluding hydrogens is 536 g/mol. The Kier molecular flexibility index (Phi) is 6.35. The van der Waals surface area contributed by atoms with Crippen LogP contribution in [-0.4, -0.2) is 46.8 Å². The number of nitrogens with zero attached hydrogens (tertiary/aromatic N) is 5. The number of anilines is 1. The van der Waals surface area contributed by atoms with Crippen molar-refractivity contribution in [2.45, 2.75) is 39.0 Å². The van der Waals surface area contributed by atoms with E-state index in [2.05, 4.69) is 35.5 Å². The van der Waals surface area contributed by atoms with Crippen LogP contribution in [0.5, 0.6) is 0 Å². The molecule has 1 aliphatic carbocycles. The summed E-state index contributed by atoms with van der Waals surface area (Å²) in [5.74, 6) is 0.754. The standard InChI is InChI=1S/C30H26N8O2S/c1-16(39)23-7-8-24(41-23)27-26-22(9-10-32-27)35-29(36-26)25-21-12-19(14-33-28(21)38-37-25)18-11-20(15-31-13-18)34-30(40)17-5-3-2-4-6-17/h7-15,17H,2-6H2,1H3,(H,34,40)(H,35,36)(H,33,37,38). The van der Waals surface area contributed by atoms with Crippen LogP contribution in [0, 0.1) is 5.92 Å². The highest BCUT2D eigenvalue weighted by Gasteiger charge is 2.22. The van der Waals surface area contributed by atoms with Gasteiger partial charge in [0.15, 0.2) is 17.3 Å². The molecule has 1 fully saturated rings. The average molecular weight is 563 g/mol. The van der Waals surface area contributed by atoms with Crippen molar-refractivity contribution < 1.29 is 9.59 Å². The molecular formula is C30H26N8O2S. The van der Waals surface area contributed by atoms with Crippen LogP contribution in [-0.2, 0) is 4.79 Å². The zero-order valence-corrected chi connectivity index (χ0v) is 23.1. The van der Waals surface area contributed by atoms with E-state index >= 15 is 0 Å². The molecule has 41 heavy (non-hydrogen) atoms. The molecule has 0 saturated heterocycles. The van der Waals surface area contributed by atoms with Gasteiger partial charge in [0, 0.05) is 35.6 Å². The molecule has 0 aliphatic heterocycles. The number of carbonyl (C=O) groups is 2. The first-order valence-corrected chi connectivity index (χ1v) is 14.4. The SMILES string of the molecule is CC(=O)c1ccc(-c2nccc3[nH]c(-c4[nH]nc5ncc(-c6cncc(NC(=O)C7CCCCC7)c6)cc45)nc23)s1. The first-order valence-electron chi connectivity index (χ1n) is 13.6. The van der Waals surface area contributed by atoms with E-state index in [0.29, 0.717) is 38.9 Å². The summed E-state index contributed by atoms with van der Waals surface area (Å²) in [7, 11) is 0. The number of pyridine rings is 3. The number of aromatic amines is 2. The maximum atomic E-state index is 12.8. The highest BCUT2D eigenvalue weighted by molar-refractivity contribution is 7.17. The summed E-state index contributed by atoms with van der Waals surface area (Å²) in [5, 5.41) is 11.3. The van der Waals surface area contributed by atoms with Crippen LogP contribution in [0.4, 0.5) is 5.69 Å². The van der Waals surface area contributed by atoms with Crippen LogP contribution in [0.3, 0.4) is 0 Å². The van der Waals surface area contributed by atoms with Gasteiger partial charge in [-0.15, -0.1) is 11.3 Å². The van der Waals surface area contributed by atoms with E-state index in [0.717, 1.165) is 52.6 Å². The van der Waals surface area contributed by atoms with E-state index in [4.69, 9.17) is 4.98 Å². The number of H-pyrrole nitrogens is 2. The lowest BCUT2D eigenvalue weighted by Crippen LogP contribution is -2.24. The van der Waals surface area contributed by atoms with Gasteiger partial charge in [-0.2, -0.15) is 5.10 Å². The Hall–Kier alpha value is -4.77. The minimum atomic E-state index is 0.0238. The summed E-state index contributed by atoms with van der Waals surface area (Å²) in [6.45, 7) is 1.56. The number of nitrogens with one attached hydrogen (secondary N) is 3. The van der Waals surface area contributed by atoms with Gasteiger partial charge in [0.1, 0.15) is 16.9 Å². The predicted molar refractivity (Wildman–Crippen MR) is 159 cm³/mol. The molecule has 7 rings (SSSR count). The number of ketones is 1. The van der Waals surface area contributed by atoms with Crippen LogP contribution in [0.15, 0.2) is 55.1 Å². The molecule has 204 valence electrons. The third kappa shape index (κ3) is 4.78. The van der Waals surface area contributed by atoms with Crippen LogP contribution in [0.25, 0.3) is 55.3 Å². The van der Waals surface area contributed by atoms with Gasteiger partial charge in [-0.05, 0) is 50.1 Å². The fraction of sp³-hybridized carbons (Fsp3) is 0.233. The second-order valence-electron chi connectivity index (χ2n) is 10.3. The van der Waals surface area contributed by atoms with E-state index in [-0.39, 0.29) is 17.6 Å². The van der Waals surface area contributed by atoms with E-state index in [1.807, 2.05) is 30.3 Å². The summed E-state index contributed by atoms with van der Waals surface area (Å²) in [5.41, 5.74) is 5.84. The van der Waals surface area contributed by atoms with Crippen LogP contribution >= 0.6 is 11.3 Å². The highest BCUT2D eigenvalue weighted by Crippen LogP contribution is 2.34. The molecule has 1 aliphatic rings.